The van der Waals surface area contributed by atoms with Gasteiger partial charge < -0.3 is 0 Å². The smallest absolute Gasteiger partial charge is 0.0383 e. The van der Waals surface area contributed by atoms with Crippen LogP contribution < -0.4 is 0 Å². The summed E-state index contributed by atoms with van der Waals surface area (Å²) in [6.45, 7) is 12.3. The van der Waals surface area contributed by atoms with Crippen molar-refractivity contribution in [2.75, 3.05) is 0 Å². The average Bonchev–Trinajstić information content (AvgIpc) is 2.45. The van der Waals surface area contributed by atoms with Gasteiger partial charge >= 0.3 is 0 Å². The number of hydrogen-bond donors (Lipinski definition) is 0. The molecule has 6 atom stereocenters. The van der Waals surface area contributed by atoms with Crippen molar-refractivity contribution in [2.45, 2.75) is 86.0 Å². The molecule has 2 rings (SSSR count). The van der Waals surface area contributed by atoms with Crippen molar-refractivity contribution in [3.8, 4) is 0 Å². The summed E-state index contributed by atoms with van der Waals surface area (Å²) in [5, 5.41) is 0. The van der Waals surface area contributed by atoms with Gasteiger partial charge in [0.2, 0.25) is 0 Å². The van der Waals surface area contributed by atoms with E-state index in [9.17, 15) is 0 Å². The molecule has 0 amide bonds. The second-order valence-electron chi connectivity index (χ2n) is 8.79. The molecule has 0 heteroatoms. The van der Waals surface area contributed by atoms with Crippen LogP contribution in [0.5, 0.6) is 0 Å². The molecule has 6 unspecified atom stereocenters. The summed E-state index contributed by atoms with van der Waals surface area (Å²) < 4.78 is 0. The molecule has 0 heterocycles. The van der Waals surface area contributed by atoms with Gasteiger partial charge in [-0.2, -0.15) is 0 Å². The van der Waals surface area contributed by atoms with E-state index in [1.54, 1.807) is 12.8 Å². The molecule has 0 aliphatic heterocycles. The minimum absolute atomic E-state index is 0.883. The van der Waals surface area contributed by atoms with Crippen LogP contribution in [0.2, 0.25) is 0 Å². The van der Waals surface area contributed by atoms with Crippen LogP contribution >= 0.6 is 0 Å². The standard InChI is InChI=1S/C20H38/c1-6-18-12-17-9-15(4)10-20(16(5)11-17)13-19(18)8-7-14(2)3/h14-20H,6-13H2,1-5H3. The van der Waals surface area contributed by atoms with Gasteiger partial charge in [-0.3, -0.25) is 0 Å². The summed E-state index contributed by atoms with van der Waals surface area (Å²) in [4.78, 5) is 0. The minimum Gasteiger partial charge on any atom is -0.0651 e. The molecule has 0 saturated heterocycles. The van der Waals surface area contributed by atoms with Crippen molar-refractivity contribution in [2.24, 2.45) is 41.4 Å². The van der Waals surface area contributed by atoms with Crippen molar-refractivity contribution in [3.05, 3.63) is 0 Å². The highest BCUT2D eigenvalue weighted by Crippen LogP contribution is 2.47. The summed E-state index contributed by atoms with van der Waals surface area (Å²) >= 11 is 0. The number of fused-ring (bicyclic) bond motifs is 3. The van der Waals surface area contributed by atoms with Gasteiger partial charge in [0.1, 0.15) is 0 Å². The maximum atomic E-state index is 2.56. The normalized spacial score (nSPS) is 42.3. The lowest BCUT2D eigenvalue weighted by Crippen LogP contribution is -2.27. The second-order valence-corrected chi connectivity index (χ2v) is 8.79. The third-order valence-electron chi connectivity index (χ3n) is 6.50. The van der Waals surface area contributed by atoms with Crippen molar-refractivity contribution >= 4 is 0 Å². The Balaban J connectivity index is 2.10. The maximum absolute atomic E-state index is 2.56. The average molecular weight is 279 g/mol. The Kier molecular flexibility index (Phi) is 5.99. The van der Waals surface area contributed by atoms with Crippen LogP contribution in [0.4, 0.5) is 0 Å². The summed E-state index contributed by atoms with van der Waals surface area (Å²) in [5.41, 5.74) is 0. The van der Waals surface area contributed by atoms with E-state index in [4.69, 9.17) is 0 Å². The van der Waals surface area contributed by atoms with E-state index in [2.05, 4.69) is 34.6 Å². The van der Waals surface area contributed by atoms with E-state index in [1.165, 1.54) is 38.5 Å². The van der Waals surface area contributed by atoms with Gasteiger partial charge in [-0.15, -0.1) is 0 Å². The summed E-state index contributed by atoms with van der Waals surface area (Å²) in [6.07, 6.45) is 12.0. The third kappa shape index (κ3) is 4.25. The first-order valence-corrected chi connectivity index (χ1v) is 9.49. The molecule has 0 radical (unpaired) electrons. The van der Waals surface area contributed by atoms with E-state index in [1.807, 2.05) is 0 Å². The Bertz CT molecular complexity index is 280. The third-order valence-corrected chi connectivity index (χ3v) is 6.50. The van der Waals surface area contributed by atoms with Gasteiger partial charge in [-0.25, -0.2) is 0 Å². The molecular weight excluding hydrogens is 240 g/mol. The minimum atomic E-state index is 0.883. The fraction of sp³-hybridized carbons (Fsp3) is 1.00. The highest BCUT2D eigenvalue weighted by Gasteiger charge is 2.36. The number of rotatable bonds is 4. The molecule has 0 aromatic rings. The quantitative estimate of drug-likeness (QED) is 0.547. The van der Waals surface area contributed by atoms with Gasteiger partial charge in [-0.05, 0) is 80.0 Å². The van der Waals surface area contributed by atoms with E-state index in [-0.39, 0.29) is 0 Å². The highest BCUT2D eigenvalue weighted by molar-refractivity contribution is 4.87. The zero-order valence-electron chi connectivity index (χ0n) is 14.7. The molecule has 0 spiro atoms. The molecule has 0 aromatic heterocycles. The van der Waals surface area contributed by atoms with E-state index < -0.39 is 0 Å². The molecular formula is C20H38. The van der Waals surface area contributed by atoms with Crippen molar-refractivity contribution in [1.29, 1.82) is 0 Å². The van der Waals surface area contributed by atoms with Crippen molar-refractivity contribution in [3.63, 3.8) is 0 Å². The van der Waals surface area contributed by atoms with Crippen molar-refractivity contribution < 1.29 is 0 Å². The van der Waals surface area contributed by atoms with Crippen LogP contribution in [-0.2, 0) is 0 Å². The zero-order chi connectivity index (χ0) is 14.7. The molecule has 0 aromatic carbocycles. The summed E-state index contributed by atoms with van der Waals surface area (Å²) in [7, 11) is 0. The fourth-order valence-corrected chi connectivity index (χ4v) is 5.35. The number of hydrogen-bond acceptors (Lipinski definition) is 0. The molecule has 0 N–H and O–H groups in total. The fourth-order valence-electron chi connectivity index (χ4n) is 5.35. The monoisotopic (exact) mass is 278 g/mol. The summed E-state index contributed by atoms with van der Waals surface area (Å²) in [6, 6.07) is 0. The first-order chi connectivity index (χ1) is 9.49. The molecule has 118 valence electrons. The lowest BCUT2D eigenvalue weighted by atomic mass is 9.69. The molecule has 20 heavy (non-hydrogen) atoms. The molecule has 2 aliphatic carbocycles. The van der Waals surface area contributed by atoms with E-state index in [0.717, 1.165) is 41.4 Å². The molecule has 2 fully saturated rings. The Labute approximate surface area is 128 Å². The Morgan fingerprint density at radius 2 is 1.65 bits per heavy atom. The first kappa shape index (κ1) is 16.4. The van der Waals surface area contributed by atoms with E-state index in [0.29, 0.717) is 0 Å². The van der Waals surface area contributed by atoms with Gasteiger partial charge in [-0.1, -0.05) is 47.5 Å². The summed E-state index contributed by atoms with van der Waals surface area (Å²) in [5.74, 6) is 6.98. The zero-order valence-corrected chi connectivity index (χ0v) is 14.7. The highest BCUT2D eigenvalue weighted by atomic mass is 14.4. The largest absolute Gasteiger partial charge is 0.0651 e. The predicted octanol–water partition coefficient (Wildman–Crippen LogP) is 6.55. The van der Waals surface area contributed by atoms with Crippen LogP contribution in [0.1, 0.15) is 86.0 Å². The molecule has 2 aliphatic rings. The lowest BCUT2D eigenvalue weighted by Gasteiger charge is -2.37. The van der Waals surface area contributed by atoms with Crippen LogP contribution in [0.15, 0.2) is 0 Å². The Hall–Kier alpha value is 0. The van der Waals surface area contributed by atoms with Crippen LogP contribution in [0, 0.1) is 41.4 Å². The van der Waals surface area contributed by atoms with Gasteiger partial charge in [0.25, 0.3) is 0 Å². The molecule has 2 saturated carbocycles. The van der Waals surface area contributed by atoms with Crippen molar-refractivity contribution in [1.82, 2.24) is 0 Å². The Morgan fingerprint density at radius 1 is 0.900 bits per heavy atom. The molecule has 2 bridgehead atoms. The SMILES string of the molecule is CCC1CC2CC(C)CC(CC1CCC(C)C)C(C)C2. The van der Waals surface area contributed by atoms with Gasteiger partial charge in [0.15, 0.2) is 0 Å². The van der Waals surface area contributed by atoms with Crippen LogP contribution in [0.3, 0.4) is 0 Å². The van der Waals surface area contributed by atoms with Crippen LogP contribution in [0.25, 0.3) is 0 Å². The maximum Gasteiger partial charge on any atom is -0.0383 e. The van der Waals surface area contributed by atoms with Gasteiger partial charge in [0.05, 0.1) is 0 Å². The van der Waals surface area contributed by atoms with E-state index >= 15 is 0 Å². The topological polar surface area (TPSA) is 0 Å². The first-order valence-electron chi connectivity index (χ1n) is 9.49. The van der Waals surface area contributed by atoms with Crippen LogP contribution in [-0.4, -0.2) is 0 Å². The lowest BCUT2D eigenvalue weighted by molar-refractivity contribution is 0.138. The van der Waals surface area contributed by atoms with Gasteiger partial charge in [0, 0.05) is 0 Å². The molecule has 0 nitrogen and oxygen atoms in total. The second kappa shape index (κ2) is 7.32. The predicted molar refractivity (Wildman–Crippen MR) is 89.7 cm³/mol. The Morgan fingerprint density at radius 3 is 2.30 bits per heavy atom.